The maximum Gasteiger partial charge on any atom is 0.338 e. The number of hydrogen-bond acceptors (Lipinski definition) is 3. The molecule has 4 nitrogen and oxygen atoms in total. The Morgan fingerprint density at radius 3 is 2.37 bits per heavy atom. The summed E-state index contributed by atoms with van der Waals surface area (Å²) in [5.41, 5.74) is 2.53. The van der Waals surface area contributed by atoms with Gasteiger partial charge in [0.15, 0.2) is 5.11 Å². The molecule has 0 radical (unpaired) electrons. The molecule has 0 spiro atoms. The molecular formula is C20H18Cl2N2O2S. The number of benzene rings is 2. The Hall–Kier alpha value is -2.08. The van der Waals surface area contributed by atoms with Gasteiger partial charge >= 0.3 is 5.97 Å². The van der Waals surface area contributed by atoms with Gasteiger partial charge in [0.05, 0.1) is 18.2 Å². The van der Waals surface area contributed by atoms with Crippen molar-refractivity contribution in [2.45, 2.75) is 19.9 Å². The molecule has 140 valence electrons. The number of para-hydroxylation sites is 1. The molecule has 1 aliphatic heterocycles. The number of carbonyl (C=O) groups excluding carboxylic acids is 1. The number of ether oxygens (including phenoxy) is 1. The minimum absolute atomic E-state index is 0.258. The molecule has 0 aliphatic carbocycles. The number of thiocarbonyl (C=S) groups is 1. The van der Waals surface area contributed by atoms with Gasteiger partial charge in [0.25, 0.3) is 0 Å². The lowest BCUT2D eigenvalue weighted by Crippen LogP contribution is -2.48. The third-order valence-corrected chi connectivity index (χ3v) is 5.24. The van der Waals surface area contributed by atoms with Crippen LogP contribution in [0, 0.1) is 0 Å². The lowest BCUT2D eigenvalue weighted by atomic mass is 9.94. The molecule has 0 unspecified atom stereocenters. The van der Waals surface area contributed by atoms with Gasteiger partial charge in [0, 0.05) is 27.0 Å². The van der Waals surface area contributed by atoms with Crippen LogP contribution in [0.3, 0.4) is 0 Å². The van der Waals surface area contributed by atoms with Gasteiger partial charge in [-0.1, -0.05) is 47.5 Å². The van der Waals surface area contributed by atoms with Crippen LogP contribution >= 0.6 is 35.4 Å². The SMILES string of the molecule is CCOC(=O)C1=C(C)N(c2ccccc2)C(=S)N[C@H]1c1c(Cl)cccc1Cl. The fourth-order valence-corrected chi connectivity index (χ4v) is 4.08. The number of rotatable bonds is 4. The number of nitrogens with one attached hydrogen (secondary N) is 1. The maximum atomic E-state index is 12.8. The van der Waals surface area contributed by atoms with Gasteiger partial charge in [-0.2, -0.15) is 0 Å². The second-order valence-corrected chi connectivity index (χ2v) is 7.11. The molecule has 0 saturated heterocycles. The van der Waals surface area contributed by atoms with Crippen molar-refractivity contribution in [3.63, 3.8) is 0 Å². The number of esters is 1. The van der Waals surface area contributed by atoms with Crippen LogP contribution in [0.2, 0.25) is 10.0 Å². The van der Waals surface area contributed by atoms with E-state index in [1.54, 1.807) is 25.1 Å². The van der Waals surface area contributed by atoms with E-state index in [1.807, 2.05) is 42.2 Å². The van der Waals surface area contributed by atoms with Gasteiger partial charge < -0.3 is 10.1 Å². The Kier molecular flexibility index (Phi) is 6.05. The summed E-state index contributed by atoms with van der Waals surface area (Å²) in [6, 6.07) is 14.2. The zero-order valence-electron chi connectivity index (χ0n) is 14.8. The van der Waals surface area contributed by atoms with Crippen molar-refractivity contribution in [3.05, 3.63) is 75.4 Å². The molecule has 1 aliphatic rings. The smallest absolute Gasteiger partial charge is 0.338 e. The monoisotopic (exact) mass is 420 g/mol. The number of hydrogen-bond donors (Lipinski definition) is 1. The van der Waals surface area contributed by atoms with E-state index in [2.05, 4.69) is 5.32 Å². The standard InChI is InChI=1S/C20H18Cl2N2O2S/c1-3-26-19(25)16-12(2)24(13-8-5-4-6-9-13)20(27)23-18(16)17-14(21)10-7-11-15(17)22/h4-11,18H,3H2,1-2H3,(H,23,27)/t18-/m1/s1. The van der Waals surface area contributed by atoms with Crippen molar-refractivity contribution >= 4 is 52.2 Å². The first kappa shape index (κ1) is 19.7. The quantitative estimate of drug-likeness (QED) is 0.538. The zero-order valence-corrected chi connectivity index (χ0v) is 17.2. The highest BCUT2D eigenvalue weighted by molar-refractivity contribution is 7.80. The van der Waals surface area contributed by atoms with Crippen LogP contribution < -0.4 is 10.2 Å². The normalized spacial score (nSPS) is 17.0. The molecule has 7 heteroatoms. The summed E-state index contributed by atoms with van der Waals surface area (Å²) in [7, 11) is 0. The molecule has 0 fully saturated rings. The molecule has 0 aromatic heterocycles. The fraction of sp³-hybridized carbons (Fsp3) is 0.200. The Balaban J connectivity index is 2.19. The average molecular weight is 421 g/mol. The van der Waals surface area contributed by atoms with Crippen molar-refractivity contribution in [2.24, 2.45) is 0 Å². The first-order chi connectivity index (χ1) is 13.0. The van der Waals surface area contributed by atoms with Crippen LogP contribution in [-0.2, 0) is 9.53 Å². The highest BCUT2D eigenvalue weighted by atomic mass is 35.5. The van der Waals surface area contributed by atoms with E-state index in [0.717, 1.165) is 5.69 Å². The van der Waals surface area contributed by atoms with Gasteiger partial charge in [-0.25, -0.2) is 4.79 Å². The molecule has 27 heavy (non-hydrogen) atoms. The Morgan fingerprint density at radius 2 is 1.78 bits per heavy atom. The van der Waals surface area contributed by atoms with Crippen LogP contribution in [-0.4, -0.2) is 17.7 Å². The molecule has 1 atom stereocenters. The maximum absolute atomic E-state index is 12.8. The molecule has 2 aromatic rings. The topological polar surface area (TPSA) is 41.6 Å². The molecule has 1 heterocycles. The summed E-state index contributed by atoms with van der Waals surface area (Å²) in [5, 5.41) is 4.56. The minimum Gasteiger partial charge on any atom is -0.463 e. The second-order valence-electron chi connectivity index (χ2n) is 5.91. The average Bonchev–Trinajstić information content (AvgIpc) is 2.62. The van der Waals surface area contributed by atoms with E-state index in [1.165, 1.54) is 0 Å². The van der Waals surface area contributed by atoms with Crippen LogP contribution in [0.5, 0.6) is 0 Å². The Morgan fingerprint density at radius 1 is 1.15 bits per heavy atom. The van der Waals surface area contributed by atoms with Crippen LogP contribution in [0.4, 0.5) is 5.69 Å². The number of allylic oxidation sites excluding steroid dienone is 1. The van der Waals surface area contributed by atoms with Crippen molar-refractivity contribution in [3.8, 4) is 0 Å². The molecule has 1 N–H and O–H groups in total. The summed E-state index contributed by atoms with van der Waals surface area (Å²) >= 11 is 18.4. The highest BCUT2D eigenvalue weighted by Gasteiger charge is 2.37. The van der Waals surface area contributed by atoms with Crippen molar-refractivity contribution in [2.75, 3.05) is 11.5 Å². The van der Waals surface area contributed by atoms with E-state index >= 15 is 0 Å². The van der Waals surface area contributed by atoms with Gasteiger partial charge in [-0.3, -0.25) is 4.90 Å². The van der Waals surface area contributed by atoms with Crippen molar-refractivity contribution in [1.82, 2.24) is 5.32 Å². The van der Waals surface area contributed by atoms with Crippen molar-refractivity contribution < 1.29 is 9.53 Å². The third-order valence-electron chi connectivity index (χ3n) is 4.28. The van der Waals surface area contributed by atoms with Gasteiger partial charge in [0.1, 0.15) is 0 Å². The molecule has 2 aromatic carbocycles. The summed E-state index contributed by atoms with van der Waals surface area (Å²) in [4.78, 5) is 14.6. The molecular weight excluding hydrogens is 403 g/mol. The first-order valence-corrected chi connectivity index (χ1v) is 9.59. The predicted octanol–water partition coefficient (Wildman–Crippen LogP) is 5.27. The summed E-state index contributed by atoms with van der Waals surface area (Å²) < 4.78 is 5.31. The van der Waals surface area contributed by atoms with Gasteiger partial charge in [0.2, 0.25) is 0 Å². The molecule has 0 saturated carbocycles. The largest absolute Gasteiger partial charge is 0.463 e. The second kappa shape index (κ2) is 8.30. The minimum atomic E-state index is -0.599. The van der Waals surface area contributed by atoms with E-state index in [-0.39, 0.29) is 6.61 Å². The van der Waals surface area contributed by atoms with Gasteiger partial charge in [-0.15, -0.1) is 0 Å². The molecule has 0 bridgehead atoms. The number of nitrogens with zero attached hydrogens (tertiary/aromatic N) is 1. The van der Waals surface area contributed by atoms with E-state index in [0.29, 0.717) is 32.0 Å². The summed E-state index contributed by atoms with van der Waals surface area (Å²) in [6.07, 6.45) is 0. The predicted molar refractivity (Wildman–Crippen MR) is 113 cm³/mol. The third kappa shape index (κ3) is 3.81. The summed E-state index contributed by atoms with van der Waals surface area (Å²) in [6.45, 7) is 3.86. The number of carbonyl (C=O) groups is 1. The zero-order chi connectivity index (χ0) is 19.6. The Labute approximate surface area is 173 Å². The van der Waals surface area contributed by atoms with E-state index in [4.69, 9.17) is 40.2 Å². The number of anilines is 1. The number of halogens is 2. The molecule has 3 rings (SSSR count). The van der Waals surface area contributed by atoms with Crippen LogP contribution in [0.25, 0.3) is 0 Å². The fourth-order valence-electron chi connectivity index (χ4n) is 3.11. The van der Waals surface area contributed by atoms with E-state index in [9.17, 15) is 4.79 Å². The van der Waals surface area contributed by atoms with Crippen LogP contribution in [0.15, 0.2) is 59.8 Å². The Bertz CT molecular complexity index is 895. The lowest BCUT2D eigenvalue weighted by molar-refractivity contribution is -0.139. The lowest BCUT2D eigenvalue weighted by Gasteiger charge is -2.38. The first-order valence-electron chi connectivity index (χ1n) is 8.43. The summed E-state index contributed by atoms with van der Waals surface area (Å²) in [5.74, 6) is -0.438. The highest BCUT2D eigenvalue weighted by Crippen LogP contribution is 2.39. The van der Waals surface area contributed by atoms with E-state index < -0.39 is 12.0 Å². The molecule has 0 amide bonds. The van der Waals surface area contributed by atoms with Crippen molar-refractivity contribution in [1.29, 1.82) is 0 Å². The van der Waals surface area contributed by atoms with Crippen LogP contribution in [0.1, 0.15) is 25.5 Å². The van der Waals surface area contributed by atoms with Gasteiger partial charge in [-0.05, 0) is 50.3 Å².